The first-order chi connectivity index (χ1) is 9.65. The molecule has 2 N–H and O–H groups in total. The fraction of sp³-hybridized carbons (Fsp3) is 0.467. The van der Waals surface area contributed by atoms with E-state index in [1.807, 2.05) is 24.3 Å². The predicted molar refractivity (Wildman–Crippen MR) is 77.6 cm³/mol. The summed E-state index contributed by atoms with van der Waals surface area (Å²) >= 11 is 0. The number of fused-ring (bicyclic) bond motifs is 1. The lowest BCUT2D eigenvalue weighted by Gasteiger charge is -2.34. The number of carbonyl (C=O) groups is 2. The van der Waals surface area contributed by atoms with Crippen LogP contribution in [0.1, 0.15) is 13.3 Å². The quantitative estimate of drug-likeness (QED) is 0.808. The zero-order valence-electron chi connectivity index (χ0n) is 11.6. The molecule has 0 spiro atoms. The topological polar surface area (TPSA) is 61.4 Å². The van der Waals surface area contributed by atoms with Crippen molar-refractivity contribution in [2.75, 3.05) is 29.9 Å². The standard InChI is InChI=1S/C15H19N3O2/c1-10-6-11(8-16-7-10)15(20)18-9-14(19)17-12-4-2-3-5-13(12)18/h2-5,10-11,16H,6-9H2,1H3,(H,17,19). The van der Waals surface area contributed by atoms with Crippen LogP contribution in [0.2, 0.25) is 0 Å². The maximum absolute atomic E-state index is 12.7. The number of para-hydroxylation sites is 2. The Labute approximate surface area is 118 Å². The Morgan fingerprint density at radius 3 is 2.90 bits per heavy atom. The molecule has 2 amide bonds. The highest BCUT2D eigenvalue weighted by Crippen LogP contribution is 2.31. The minimum absolute atomic E-state index is 0.0438. The number of nitrogens with zero attached hydrogens (tertiary/aromatic N) is 1. The second kappa shape index (κ2) is 5.25. The number of benzene rings is 1. The summed E-state index contributed by atoms with van der Waals surface area (Å²) < 4.78 is 0. The second-order valence-electron chi connectivity index (χ2n) is 5.69. The van der Waals surface area contributed by atoms with E-state index in [-0.39, 0.29) is 24.3 Å². The van der Waals surface area contributed by atoms with E-state index >= 15 is 0 Å². The van der Waals surface area contributed by atoms with Gasteiger partial charge in [-0.15, -0.1) is 0 Å². The third-order valence-corrected chi connectivity index (χ3v) is 3.96. The predicted octanol–water partition coefficient (Wildman–Crippen LogP) is 1.22. The first-order valence-corrected chi connectivity index (χ1v) is 7.06. The van der Waals surface area contributed by atoms with Gasteiger partial charge in [0.15, 0.2) is 0 Å². The van der Waals surface area contributed by atoms with Crippen molar-refractivity contribution in [1.29, 1.82) is 0 Å². The third-order valence-electron chi connectivity index (χ3n) is 3.96. The first-order valence-electron chi connectivity index (χ1n) is 7.06. The molecule has 1 saturated heterocycles. The van der Waals surface area contributed by atoms with Gasteiger partial charge in [-0.3, -0.25) is 9.59 Å². The van der Waals surface area contributed by atoms with E-state index < -0.39 is 0 Å². The van der Waals surface area contributed by atoms with Crippen LogP contribution in [0.4, 0.5) is 11.4 Å². The Hall–Kier alpha value is -1.88. The normalized spacial score (nSPS) is 25.9. The molecule has 2 unspecified atom stereocenters. The molecule has 106 valence electrons. The molecule has 2 aliphatic heterocycles. The highest BCUT2D eigenvalue weighted by Gasteiger charge is 2.33. The smallest absolute Gasteiger partial charge is 0.244 e. The minimum Gasteiger partial charge on any atom is -0.323 e. The van der Waals surface area contributed by atoms with Crippen molar-refractivity contribution in [2.45, 2.75) is 13.3 Å². The van der Waals surface area contributed by atoms with E-state index in [0.717, 1.165) is 18.7 Å². The van der Waals surface area contributed by atoms with Crippen molar-refractivity contribution in [3.63, 3.8) is 0 Å². The fourth-order valence-corrected chi connectivity index (χ4v) is 2.99. The molecule has 0 aliphatic carbocycles. The molecule has 0 radical (unpaired) electrons. The number of piperidine rings is 1. The number of carbonyl (C=O) groups excluding carboxylic acids is 2. The minimum atomic E-state index is -0.131. The van der Waals surface area contributed by atoms with Crippen molar-refractivity contribution in [3.05, 3.63) is 24.3 Å². The average molecular weight is 273 g/mol. The van der Waals surface area contributed by atoms with Crippen LogP contribution < -0.4 is 15.5 Å². The first kappa shape index (κ1) is 13.1. The van der Waals surface area contributed by atoms with Gasteiger partial charge in [0.25, 0.3) is 0 Å². The van der Waals surface area contributed by atoms with Crippen LogP contribution in [-0.2, 0) is 9.59 Å². The molecule has 20 heavy (non-hydrogen) atoms. The highest BCUT2D eigenvalue weighted by molar-refractivity contribution is 6.10. The summed E-state index contributed by atoms with van der Waals surface area (Å²) in [5, 5.41) is 6.10. The fourth-order valence-electron chi connectivity index (χ4n) is 2.99. The number of nitrogens with one attached hydrogen (secondary N) is 2. The van der Waals surface area contributed by atoms with Crippen molar-refractivity contribution >= 4 is 23.2 Å². The Morgan fingerprint density at radius 1 is 1.30 bits per heavy atom. The number of rotatable bonds is 1. The Bertz CT molecular complexity index is 544. The molecule has 5 nitrogen and oxygen atoms in total. The largest absolute Gasteiger partial charge is 0.323 e. The van der Waals surface area contributed by atoms with Crippen LogP contribution in [0.15, 0.2) is 24.3 Å². The molecule has 0 bridgehead atoms. The van der Waals surface area contributed by atoms with E-state index in [2.05, 4.69) is 17.6 Å². The van der Waals surface area contributed by atoms with Crippen LogP contribution in [0.5, 0.6) is 0 Å². The molecule has 1 aromatic rings. The average Bonchev–Trinajstić information content (AvgIpc) is 2.45. The number of amides is 2. The van der Waals surface area contributed by atoms with Crippen LogP contribution in [0.3, 0.4) is 0 Å². The molecule has 1 fully saturated rings. The van der Waals surface area contributed by atoms with Crippen molar-refractivity contribution in [3.8, 4) is 0 Å². The van der Waals surface area contributed by atoms with Gasteiger partial charge < -0.3 is 15.5 Å². The van der Waals surface area contributed by atoms with Gasteiger partial charge in [0.05, 0.1) is 17.3 Å². The third kappa shape index (κ3) is 2.41. The summed E-state index contributed by atoms with van der Waals surface area (Å²) in [6.45, 7) is 3.91. The van der Waals surface area contributed by atoms with Crippen LogP contribution in [0.25, 0.3) is 0 Å². The molecule has 0 aromatic heterocycles. The summed E-state index contributed by atoms with van der Waals surface area (Å²) in [5.74, 6) is 0.365. The molecule has 5 heteroatoms. The summed E-state index contributed by atoms with van der Waals surface area (Å²) in [4.78, 5) is 26.1. The van der Waals surface area contributed by atoms with Crippen LogP contribution in [0, 0.1) is 11.8 Å². The number of hydrogen-bond donors (Lipinski definition) is 2. The summed E-state index contributed by atoms with van der Waals surface area (Å²) in [6, 6.07) is 7.45. The van der Waals surface area contributed by atoms with Gasteiger partial charge in [-0.2, -0.15) is 0 Å². The van der Waals surface area contributed by atoms with E-state index in [1.54, 1.807) is 4.90 Å². The molecule has 2 heterocycles. The maximum atomic E-state index is 12.7. The lowest BCUT2D eigenvalue weighted by atomic mass is 9.90. The highest BCUT2D eigenvalue weighted by atomic mass is 16.2. The molecular weight excluding hydrogens is 254 g/mol. The molecule has 1 aromatic carbocycles. The zero-order chi connectivity index (χ0) is 14.1. The second-order valence-corrected chi connectivity index (χ2v) is 5.69. The van der Waals surface area contributed by atoms with Gasteiger partial charge in [0, 0.05) is 6.54 Å². The molecule has 2 atom stereocenters. The monoisotopic (exact) mass is 273 g/mol. The molecular formula is C15H19N3O2. The van der Waals surface area contributed by atoms with E-state index in [1.165, 1.54) is 0 Å². The van der Waals surface area contributed by atoms with Gasteiger partial charge >= 0.3 is 0 Å². The van der Waals surface area contributed by atoms with Gasteiger partial charge in [-0.25, -0.2) is 0 Å². The van der Waals surface area contributed by atoms with Crippen molar-refractivity contribution in [1.82, 2.24) is 5.32 Å². The Morgan fingerprint density at radius 2 is 2.10 bits per heavy atom. The summed E-state index contributed by atoms with van der Waals surface area (Å²) in [6.07, 6.45) is 0.881. The molecule has 2 aliphatic rings. The Balaban J connectivity index is 1.86. The lowest BCUT2D eigenvalue weighted by Crippen LogP contribution is -2.49. The van der Waals surface area contributed by atoms with Crippen LogP contribution in [-0.4, -0.2) is 31.4 Å². The van der Waals surface area contributed by atoms with E-state index in [4.69, 9.17) is 0 Å². The molecule has 0 saturated carbocycles. The van der Waals surface area contributed by atoms with E-state index in [9.17, 15) is 9.59 Å². The summed E-state index contributed by atoms with van der Waals surface area (Å²) in [5.41, 5.74) is 1.52. The van der Waals surface area contributed by atoms with E-state index in [0.29, 0.717) is 18.2 Å². The summed E-state index contributed by atoms with van der Waals surface area (Å²) in [7, 11) is 0. The van der Waals surface area contributed by atoms with Gasteiger partial charge in [-0.1, -0.05) is 19.1 Å². The Kier molecular flexibility index (Phi) is 3.44. The molecule has 3 rings (SSSR count). The number of anilines is 2. The zero-order valence-corrected chi connectivity index (χ0v) is 11.6. The lowest BCUT2D eigenvalue weighted by molar-refractivity contribution is -0.125. The van der Waals surface area contributed by atoms with Crippen molar-refractivity contribution in [2.24, 2.45) is 11.8 Å². The van der Waals surface area contributed by atoms with Gasteiger partial charge in [0.1, 0.15) is 6.54 Å². The van der Waals surface area contributed by atoms with Gasteiger partial charge in [0.2, 0.25) is 11.8 Å². The van der Waals surface area contributed by atoms with Crippen LogP contribution >= 0.6 is 0 Å². The van der Waals surface area contributed by atoms with Crippen molar-refractivity contribution < 1.29 is 9.59 Å². The van der Waals surface area contributed by atoms with Gasteiger partial charge in [-0.05, 0) is 31.0 Å². The SMILES string of the molecule is CC1CNCC(C(=O)N2CC(=O)Nc3ccccc32)C1. The number of hydrogen-bond acceptors (Lipinski definition) is 3. The maximum Gasteiger partial charge on any atom is 0.244 e.